The number of hydrogen-bond acceptors (Lipinski definition) is 2. The number of urea groups is 1. The fraction of sp³-hybridized carbons (Fsp3) is 0.235. The minimum Gasteiger partial charge on any atom is -0.495 e. The lowest BCUT2D eigenvalue weighted by Crippen LogP contribution is -2.31. The van der Waals surface area contributed by atoms with Crippen LogP contribution in [-0.2, 0) is 0 Å². The molecule has 0 saturated heterocycles. The molecule has 2 aromatic rings. The number of nitrogens with one attached hydrogen (secondary N) is 2. The van der Waals surface area contributed by atoms with Crippen molar-refractivity contribution in [1.29, 1.82) is 0 Å². The maximum absolute atomic E-state index is 12.1. The third kappa shape index (κ3) is 3.99. The summed E-state index contributed by atoms with van der Waals surface area (Å²) in [4.78, 5) is 12.1. The second-order valence-corrected chi connectivity index (χ2v) is 4.93. The summed E-state index contributed by atoms with van der Waals surface area (Å²) in [6.07, 6.45) is 0. The Hall–Kier alpha value is -2.49. The van der Waals surface area contributed by atoms with Crippen LogP contribution in [0.1, 0.15) is 24.1 Å². The van der Waals surface area contributed by atoms with E-state index in [0.717, 1.165) is 5.56 Å². The van der Waals surface area contributed by atoms with Gasteiger partial charge in [-0.25, -0.2) is 4.79 Å². The first-order valence-electron chi connectivity index (χ1n) is 6.87. The van der Waals surface area contributed by atoms with Crippen LogP contribution >= 0.6 is 0 Å². The Kier molecular flexibility index (Phi) is 4.82. The number of amides is 2. The molecule has 0 aliphatic rings. The van der Waals surface area contributed by atoms with Gasteiger partial charge in [0.05, 0.1) is 18.8 Å². The summed E-state index contributed by atoms with van der Waals surface area (Å²) in [7, 11) is 1.58. The summed E-state index contributed by atoms with van der Waals surface area (Å²) in [5, 5.41) is 5.71. The van der Waals surface area contributed by atoms with Gasteiger partial charge in [0.25, 0.3) is 0 Å². The summed E-state index contributed by atoms with van der Waals surface area (Å²) in [6.45, 7) is 3.99. The first kappa shape index (κ1) is 14.9. The van der Waals surface area contributed by atoms with E-state index in [1.807, 2.05) is 50.2 Å². The zero-order valence-corrected chi connectivity index (χ0v) is 12.5. The second kappa shape index (κ2) is 6.79. The van der Waals surface area contributed by atoms with Gasteiger partial charge in [-0.15, -0.1) is 0 Å². The lowest BCUT2D eigenvalue weighted by Gasteiger charge is -2.16. The number of carbonyl (C=O) groups excluding carboxylic acids is 1. The van der Waals surface area contributed by atoms with Gasteiger partial charge < -0.3 is 15.4 Å². The zero-order chi connectivity index (χ0) is 15.2. The lowest BCUT2D eigenvalue weighted by atomic mass is 10.1. The van der Waals surface area contributed by atoms with E-state index in [1.54, 1.807) is 19.2 Å². The van der Waals surface area contributed by atoms with Crippen molar-refractivity contribution in [2.45, 2.75) is 19.9 Å². The minimum absolute atomic E-state index is 0.0692. The van der Waals surface area contributed by atoms with Crippen molar-refractivity contribution >= 4 is 11.7 Å². The molecule has 0 bridgehead atoms. The normalized spacial score (nSPS) is 11.6. The Morgan fingerprint density at radius 1 is 1.10 bits per heavy atom. The molecule has 0 aliphatic carbocycles. The van der Waals surface area contributed by atoms with Crippen molar-refractivity contribution in [3.8, 4) is 5.75 Å². The van der Waals surface area contributed by atoms with E-state index >= 15 is 0 Å². The molecule has 2 N–H and O–H groups in total. The van der Waals surface area contributed by atoms with Crippen LogP contribution in [0.25, 0.3) is 0 Å². The Morgan fingerprint density at radius 2 is 1.76 bits per heavy atom. The largest absolute Gasteiger partial charge is 0.495 e. The highest BCUT2D eigenvalue weighted by atomic mass is 16.5. The van der Waals surface area contributed by atoms with Gasteiger partial charge in [0.1, 0.15) is 5.75 Å². The van der Waals surface area contributed by atoms with E-state index in [4.69, 9.17) is 4.74 Å². The quantitative estimate of drug-likeness (QED) is 0.895. The molecule has 0 aliphatic heterocycles. The van der Waals surface area contributed by atoms with Crippen LogP contribution in [-0.4, -0.2) is 13.1 Å². The second-order valence-electron chi connectivity index (χ2n) is 4.93. The van der Waals surface area contributed by atoms with E-state index in [9.17, 15) is 4.79 Å². The van der Waals surface area contributed by atoms with Crippen molar-refractivity contribution in [1.82, 2.24) is 5.32 Å². The molecule has 0 spiro atoms. The van der Waals surface area contributed by atoms with Gasteiger partial charge in [-0.2, -0.15) is 0 Å². The van der Waals surface area contributed by atoms with E-state index in [0.29, 0.717) is 11.4 Å². The molecule has 0 unspecified atom stereocenters. The van der Waals surface area contributed by atoms with E-state index in [2.05, 4.69) is 10.6 Å². The molecule has 0 aromatic heterocycles. The number of ether oxygens (including phenoxy) is 1. The maximum Gasteiger partial charge on any atom is 0.319 e. The summed E-state index contributed by atoms with van der Waals surface area (Å²) >= 11 is 0. The Bertz CT molecular complexity index is 608. The first-order chi connectivity index (χ1) is 10.1. The van der Waals surface area contributed by atoms with E-state index in [1.165, 1.54) is 5.56 Å². The van der Waals surface area contributed by atoms with Crippen LogP contribution < -0.4 is 15.4 Å². The van der Waals surface area contributed by atoms with Crippen molar-refractivity contribution in [3.05, 3.63) is 59.7 Å². The van der Waals surface area contributed by atoms with Gasteiger partial charge in [-0.3, -0.25) is 0 Å². The molecule has 2 aromatic carbocycles. The molecule has 110 valence electrons. The molecule has 0 saturated carbocycles. The number of hydrogen-bond donors (Lipinski definition) is 2. The molecule has 0 heterocycles. The Labute approximate surface area is 125 Å². The molecule has 4 heteroatoms. The minimum atomic E-state index is -0.257. The van der Waals surface area contributed by atoms with Crippen molar-refractivity contribution in [2.24, 2.45) is 0 Å². The Morgan fingerprint density at radius 3 is 2.43 bits per heavy atom. The smallest absolute Gasteiger partial charge is 0.319 e. The van der Waals surface area contributed by atoms with E-state index < -0.39 is 0 Å². The van der Waals surface area contributed by atoms with Gasteiger partial charge in [0.15, 0.2) is 0 Å². The van der Waals surface area contributed by atoms with Crippen molar-refractivity contribution in [2.75, 3.05) is 12.4 Å². The van der Waals surface area contributed by atoms with Crippen molar-refractivity contribution in [3.63, 3.8) is 0 Å². The molecule has 2 amide bonds. The molecular formula is C17H20N2O2. The van der Waals surface area contributed by atoms with Crippen LogP contribution in [0.3, 0.4) is 0 Å². The lowest BCUT2D eigenvalue weighted by molar-refractivity contribution is 0.249. The highest BCUT2D eigenvalue weighted by molar-refractivity contribution is 5.91. The fourth-order valence-corrected chi connectivity index (χ4v) is 2.04. The molecule has 1 atom stereocenters. The number of para-hydroxylation sites is 2. The van der Waals surface area contributed by atoms with Crippen LogP contribution in [0.4, 0.5) is 10.5 Å². The van der Waals surface area contributed by atoms with Gasteiger partial charge in [0.2, 0.25) is 0 Å². The summed E-state index contributed by atoms with van der Waals surface area (Å²) in [5.41, 5.74) is 2.91. The SMILES string of the molecule is COc1ccccc1NC(=O)N[C@H](C)c1ccc(C)cc1. The number of methoxy groups -OCH3 is 1. The molecule has 0 radical (unpaired) electrons. The molecular weight excluding hydrogens is 264 g/mol. The molecule has 4 nitrogen and oxygen atoms in total. The molecule has 21 heavy (non-hydrogen) atoms. The Balaban J connectivity index is 1.99. The molecule has 0 fully saturated rings. The van der Waals surface area contributed by atoms with Gasteiger partial charge in [0, 0.05) is 0 Å². The summed E-state index contributed by atoms with van der Waals surface area (Å²) in [5.74, 6) is 0.635. The average molecular weight is 284 g/mol. The van der Waals surface area contributed by atoms with Crippen LogP contribution in [0.5, 0.6) is 5.75 Å². The number of carbonyl (C=O) groups is 1. The van der Waals surface area contributed by atoms with Gasteiger partial charge >= 0.3 is 6.03 Å². The third-order valence-electron chi connectivity index (χ3n) is 3.28. The summed E-state index contributed by atoms with van der Waals surface area (Å²) < 4.78 is 5.21. The average Bonchev–Trinajstić information content (AvgIpc) is 2.48. The number of benzene rings is 2. The van der Waals surface area contributed by atoms with Crippen molar-refractivity contribution < 1.29 is 9.53 Å². The third-order valence-corrected chi connectivity index (χ3v) is 3.28. The number of aryl methyl sites for hydroxylation is 1. The number of rotatable bonds is 4. The predicted octanol–water partition coefficient (Wildman–Crippen LogP) is 3.89. The topological polar surface area (TPSA) is 50.4 Å². The van der Waals surface area contributed by atoms with Crippen LogP contribution in [0.2, 0.25) is 0 Å². The van der Waals surface area contributed by atoms with Crippen LogP contribution in [0.15, 0.2) is 48.5 Å². The standard InChI is InChI=1S/C17H20N2O2/c1-12-8-10-14(11-9-12)13(2)18-17(20)19-15-6-4-5-7-16(15)21-3/h4-11,13H,1-3H3,(H2,18,19,20)/t13-/m1/s1. The van der Waals surface area contributed by atoms with Gasteiger partial charge in [-0.05, 0) is 31.5 Å². The molecule has 2 rings (SSSR count). The maximum atomic E-state index is 12.1. The number of anilines is 1. The fourth-order valence-electron chi connectivity index (χ4n) is 2.04. The van der Waals surface area contributed by atoms with Gasteiger partial charge in [-0.1, -0.05) is 42.0 Å². The zero-order valence-electron chi connectivity index (χ0n) is 12.5. The first-order valence-corrected chi connectivity index (χ1v) is 6.87. The summed E-state index contributed by atoms with van der Waals surface area (Å²) in [6, 6.07) is 15.1. The predicted molar refractivity (Wildman–Crippen MR) is 84.7 cm³/mol. The van der Waals surface area contributed by atoms with E-state index in [-0.39, 0.29) is 12.1 Å². The highest BCUT2D eigenvalue weighted by Gasteiger charge is 2.11. The monoisotopic (exact) mass is 284 g/mol. The highest BCUT2D eigenvalue weighted by Crippen LogP contribution is 2.23. The van der Waals surface area contributed by atoms with Crippen LogP contribution in [0, 0.1) is 6.92 Å².